The number of likely N-dealkylation sites (N-methyl/N-ethyl adjacent to an activating group) is 1. The van der Waals surface area contributed by atoms with Crippen molar-refractivity contribution in [3.05, 3.63) is 72.1 Å². The van der Waals surface area contributed by atoms with E-state index in [0.717, 1.165) is 0 Å². The monoisotopic (exact) mass is 357 g/mol. The van der Waals surface area contributed by atoms with Gasteiger partial charge in [0.05, 0.1) is 6.04 Å². The molecule has 1 aliphatic heterocycles. The van der Waals surface area contributed by atoms with Gasteiger partial charge >= 0.3 is 5.97 Å². The summed E-state index contributed by atoms with van der Waals surface area (Å²) < 4.78 is 0. The Labute approximate surface area is 152 Å². The summed E-state index contributed by atoms with van der Waals surface area (Å²) in [6.45, 7) is 1.92. The highest BCUT2D eigenvalue weighted by Gasteiger charge is 2.42. The van der Waals surface area contributed by atoms with Crippen molar-refractivity contribution in [3.8, 4) is 0 Å². The number of aliphatic carboxylic acids is 1. The number of carboxylic acid groups (broad SMARTS) is 1. The lowest BCUT2D eigenvalue weighted by Crippen LogP contribution is -2.32. The number of carbonyl (C=O) groups excluding carboxylic acids is 2. The molecule has 1 fully saturated rings. The molecular formula is C20H23NO5. The van der Waals surface area contributed by atoms with E-state index in [1.165, 1.54) is 24.1 Å². The van der Waals surface area contributed by atoms with Crippen LogP contribution >= 0.6 is 0 Å². The Kier molecular flexibility index (Phi) is 8.57. The van der Waals surface area contributed by atoms with Crippen LogP contribution in [0.4, 0.5) is 0 Å². The summed E-state index contributed by atoms with van der Waals surface area (Å²) in [6.07, 6.45) is 17.1. The van der Waals surface area contributed by atoms with Crippen LogP contribution in [0, 0.1) is 0 Å². The van der Waals surface area contributed by atoms with Crippen LogP contribution in [0.2, 0.25) is 0 Å². The fraction of sp³-hybridized carbons (Fsp3) is 0.250. The number of likely N-dealkylation sites (tertiary alicyclic amines) is 1. The number of allylic oxidation sites excluding steroid dienone is 10. The van der Waals surface area contributed by atoms with Crippen LogP contribution in [0.5, 0.6) is 0 Å². The second kappa shape index (κ2) is 10.7. The summed E-state index contributed by atoms with van der Waals surface area (Å²) in [4.78, 5) is 36.3. The smallest absolute Gasteiger partial charge is 0.303 e. The number of carbonyl (C=O) groups is 3. The predicted octanol–water partition coefficient (Wildman–Crippen LogP) is 2.87. The molecule has 1 aliphatic rings. The number of aliphatic hydroxyl groups is 1. The van der Waals surface area contributed by atoms with Crippen molar-refractivity contribution in [1.82, 2.24) is 4.90 Å². The Morgan fingerprint density at radius 2 is 1.54 bits per heavy atom. The highest BCUT2D eigenvalue weighted by atomic mass is 16.4. The summed E-state index contributed by atoms with van der Waals surface area (Å²) in [5, 5.41) is 18.8. The molecular weight excluding hydrogens is 334 g/mol. The van der Waals surface area contributed by atoms with Crippen LogP contribution in [0.15, 0.2) is 72.1 Å². The van der Waals surface area contributed by atoms with Crippen molar-refractivity contribution in [3.63, 3.8) is 0 Å². The van der Waals surface area contributed by atoms with E-state index < -0.39 is 29.5 Å². The van der Waals surface area contributed by atoms with Gasteiger partial charge < -0.3 is 15.1 Å². The van der Waals surface area contributed by atoms with E-state index in [4.69, 9.17) is 5.11 Å². The van der Waals surface area contributed by atoms with E-state index in [0.29, 0.717) is 0 Å². The largest absolute Gasteiger partial charge is 0.507 e. The average molecular weight is 357 g/mol. The van der Waals surface area contributed by atoms with Gasteiger partial charge in [-0.3, -0.25) is 14.4 Å². The minimum Gasteiger partial charge on any atom is -0.507 e. The zero-order valence-electron chi connectivity index (χ0n) is 14.8. The maximum Gasteiger partial charge on any atom is 0.303 e. The molecule has 1 atom stereocenters. The molecule has 1 rings (SSSR count). The van der Waals surface area contributed by atoms with Gasteiger partial charge in [0.1, 0.15) is 11.3 Å². The zero-order valence-corrected chi connectivity index (χ0v) is 14.8. The van der Waals surface area contributed by atoms with E-state index >= 15 is 0 Å². The first-order chi connectivity index (χ1) is 12.4. The quantitative estimate of drug-likeness (QED) is 0.301. The third-order valence-electron chi connectivity index (χ3n) is 3.66. The molecule has 0 aromatic carbocycles. The molecule has 2 N–H and O–H groups in total. The SMILES string of the molecule is CC=CC=CC=CC=CC=CC(O)=C1C(=O)C(CCC(=O)O)N(C)C1=O. The molecule has 0 bridgehead atoms. The molecule has 138 valence electrons. The van der Waals surface area contributed by atoms with Gasteiger partial charge in [0.2, 0.25) is 0 Å². The molecule has 6 nitrogen and oxygen atoms in total. The van der Waals surface area contributed by atoms with E-state index in [1.807, 2.05) is 37.3 Å². The Hall–Kier alpha value is -3.15. The highest BCUT2D eigenvalue weighted by Crippen LogP contribution is 2.24. The molecule has 0 saturated carbocycles. The maximum atomic E-state index is 12.3. The first-order valence-electron chi connectivity index (χ1n) is 8.16. The van der Waals surface area contributed by atoms with Gasteiger partial charge in [-0.15, -0.1) is 0 Å². The van der Waals surface area contributed by atoms with Gasteiger partial charge in [-0.2, -0.15) is 0 Å². The predicted molar refractivity (Wildman–Crippen MR) is 99.5 cm³/mol. The number of hydrogen-bond donors (Lipinski definition) is 2. The second-order valence-electron chi connectivity index (χ2n) is 5.53. The third-order valence-corrected chi connectivity index (χ3v) is 3.66. The number of amides is 1. The van der Waals surface area contributed by atoms with Crippen LogP contribution in [0.3, 0.4) is 0 Å². The molecule has 1 unspecified atom stereocenters. The van der Waals surface area contributed by atoms with Gasteiger partial charge in [-0.25, -0.2) is 0 Å². The van der Waals surface area contributed by atoms with Crippen LogP contribution in [-0.2, 0) is 14.4 Å². The average Bonchev–Trinajstić information content (AvgIpc) is 2.80. The molecule has 1 amide bonds. The van der Waals surface area contributed by atoms with Gasteiger partial charge in [0, 0.05) is 13.5 Å². The molecule has 0 spiro atoms. The second-order valence-corrected chi connectivity index (χ2v) is 5.53. The fourth-order valence-corrected chi connectivity index (χ4v) is 2.31. The lowest BCUT2D eigenvalue weighted by molar-refractivity contribution is -0.138. The summed E-state index contributed by atoms with van der Waals surface area (Å²) in [5.41, 5.74) is -0.308. The van der Waals surface area contributed by atoms with Crippen molar-refractivity contribution < 1.29 is 24.6 Å². The van der Waals surface area contributed by atoms with Crippen molar-refractivity contribution in [2.24, 2.45) is 0 Å². The number of rotatable bonds is 8. The standard InChI is InChI=1S/C20H23NO5/c1-3-4-5-6-7-8-9-10-11-12-16(22)18-19(25)15(13-14-17(23)24)21(2)20(18)26/h3-12,15,22H,13-14H2,1-2H3,(H,23,24). The van der Waals surface area contributed by atoms with Gasteiger partial charge in [-0.1, -0.05) is 54.7 Å². The summed E-state index contributed by atoms with van der Waals surface area (Å²) in [6, 6.07) is -0.855. The summed E-state index contributed by atoms with van der Waals surface area (Å²) in [7, 11) is 1.42. The number of nitrogens with zero attached hydrogens (tertiary/aromatic N) is 1. The number of carboxylic acids is 1. The van der Waals surface area contributed by atoms with E-state index in [-0.39, 0.29) is 18.4 Å². The topological polar surface area (TPSA) is 94.9 Å². The molecule has 0 aromatic rings. The van der Waals surface area contributed by atoms with Gasteiger partial charge in [0.25, 0.3) is 5.91 Å². The van der Waals surface area contributed by atoms with E-state index in [2.05, 4.69) is 0 Å². The third kappa shape index (κ3) is 6.05. The minimum absolute atomic E-state index is 0.0162. The number of hydrogen-bond acceptors (Lipinski definition) is 4. The lowest BCUT2D eigenvalue weighted by atomic mass is 10.0. The number of ketones is 1. The Morgan fingerprint density at radius 1 is 1.00 bits per heavy atom. The van der Waals surface area contributed by atoms with Crippen LogP contribution in [-0.4, -0.2) is 45.9 Å². The lowest BCUT2D eigenvalue weighted by Gasteiger charge is -2.16. The van der Waals surface area contributed by atoms with Crippen LogP contribution in [0.25, 0.3) is 0 Å². The van der Waals surface area contributed by atoms with E-state index in [1.54, 1.807) is 18.2 Å². The highest BCUT2D eigenvalue weighted by molar-refractivity contribution is 6.26. The Bertz CT molecular complexity index is 722. The maximum absolute atomic E-state index is 12.3. The van der Waals surface area contributed by atoms with Crippen molar-refractivity contribution >= 4 is 17.7 Å². The number of aliphatic hydroxyl groups excluding tert-OH is 1. The molecule has 6 heteroatoms. The fourth-order valence-electron chi connectivity index (χ4n) is 2.31. The molecule has 26 heavy (non-hydrogen) atoms. The molecule has 1 saturated heterocycles. The normalized spacial score (nSPS) is 20.8. The molecule has 0 radical (unpaired) electrons. The van der Waals surface area contributed by atoms with Crippen molar-refractivity contribution in [2.45, 2.75) is 25.8 Å². The van der Waals surface area contributed by atoms with Crippen LogP contribution in [0.1, 0.15) is 19.8 Å². The summed E-state index contributed by atoms with van der Waals surface area (Å²) in [5.74, 6) is -2.63. The van der Waals surface area contributed by atoms with Gasteiger partial charge in [-0.05, 0) is 19.4 Å². The first-order valence-corrected chi connectivity index (χ1v) is 8.16. The zero-order chi connectivity index (χ0) is 19.5. The van der Waals surface area contributed by atoms with Gasteiger partial charge in [0.15, 0.2) is 5.78 Å². The molecule has 1 heterocycles. The van der Waals surface area contributed by atoms with Crippen LogP contribution < -0.4 is 0 Å². The molecule has 0 aromatic heterocycles. The number of Topliss-reactive ketones (excluding diaryl/α,β-unsaturated/α-hetero) is 1. The summed E-state index contributed by atoms with van der Waals surface area (Å²) >= 11 is 0. The van der Waals surface area contributed by atoms with E-state index in [9.17, 15) is 19.5 Å². The Morgan fingerprint density at radius 3 is 2.08 bits per heavy atom. The first kappa shape index (κ1) is 20.9. The van der Waals surface area contributed by atoms with Crippen molar-refractivity contribution in [1.29, 1.82) is 0 Å². The minimum atomic E-state index is -1.04. The Balaban J connectivity index is 2.77. The van der Waals surface area contributed by atoms with Crippen molar-refractivity contribution in [2.75, 3.05) is 7.05 Å². The molecule has 0 aliphatic carbocycles.